The Morgan fingerprint density at radius 3 is 1.93 bits per heavy atom. The number of nitrogens with zero attached hydrogens (tertiary/aromatic N) is 2. The second-order valence-corrected chi connectivity index (χ2v) is 10.6. The molecule has 0 aliphatic carbocycles. The lowest BCUT2D eigenvalue weighted by molar-refractivity contribution is 0.0610. The van der Waals surface area contributed by atoms with Crippen LogP contribution in [0.4, 0.5) is 5.69 Å². The van der Waals surface area contributed by atoms with E-state index in [-0.39, 0.29) is 24.3 Å². The predicted octanol–water partition coefficient (Wildman–Crippen LogP) is 7.58. The first kappa shape index (κ1) is 27.0. The molecule has 0 saturated heterocycles. The van der Waals surface area contributed by atoms with Crippen LogP contribution in [0, 0.1) is 13.8 Å². The molecule has 5 aromatic carbocycles. The lowest BCUT2D eigenvalue weighted by Gasteiger charge is -2.29. The lowest BCUT2D eigenvalue weighted by Crippen LogP contribution is -2.42. The number of rotatable bonds is 8. The maximum Gasteiger partial charge on any atom is 0.261 e. The molecule has 0 atom stereocenters. The van der Waals surface area contributed by atoms with Crippen LogP contribution in [-0.2, 0) is 0 Å². The van der Waals surface area contributed by atoms with E-state index in [1.165, 1.54) is 4.90 Å². The number of carbonyl (C=O) groups excluding carboxylic acids is 3. The van der Waals surface area contributed by atoms with E-state index in [1.54, 1.807) is 17.0 Å². The first-order chi connectivity index (χ1) is 20.4. The van der Waals surface area contributed by atoms with E-state index in [9.17, 15) is 14.4 Å². The highest BCUT2D eigenvalue weighted by molar-refractivity contribution is 6.25. The Morgan fingerprint density at radius 2 is 1.31 bits per heavy atom. The van der Waals surface area contributed by atoms with Gasteiger partial charge in [0, 0.05) is 40.9 Å². The standard InChI is InChI=1S/C36H30N2O4/c1-24-21-25(2)23-27(22-24)34(39)37(28-15-17-30(18-16-28)42-29-11-4-3-5-12-29)19-8-20-38-35(40)31-13-6-9-26-10-7-14-32(33(26)31)36(38)41/h3-7,9-18,21-23H,8,19-20H2,1-2H3. The highest BCUT2D eigenvalue weighted by Gasteiger charge is 2.32. The highest BCUT2D eigenvalue weighted by Crippen LogP contribution is 2.31. The number of imide groups is 1. The van der Waals surface area contributed by atoms with E-state index in [1.807, 2.05) is 111 Å². The number of para-hydroxylation sites is 1. The number of aryl methyl sites for hydroxylation is 2. The zero-order valence-electron chi connectivity index (χ0n) is 23.5. The van der Waals surface area contributed by atoms with Crippen molar-refractivity contribution < 1.29 is 19.1 Å². The van der Waals surface area contributed by atoms with Crippen LogP contribution >= 0.6 is 0 Å². The average molecular weight is 555 g/mol. The van der Waals surface area contributed by atoms with Gasteiger partial charge in [0.2, 0.25) is 0 Å². The molecule has 3 amide bonds. The molecule has 6 heteroatoms. The predicted molar refractivity (Wildman–Crippen MR) is 164 cm³/mol. The second-order valence-electron chi connectivity index (χ2n) is 10.6. The quantitative estimate of drug-likeness (QED) is 0.185. The fourth-order valence-electron chi connectivity index (χ4n) is 5.59. The third kappa shape index (κ3) is 5.27. The number of ether oxygens (including phenoxy) is 1. The third-order valence-electron chi connectivity index (χ3n) is 7.46. The summed E-state index contributed by atoms with van der Waals surface area (Å²) in [5.74, 6) is 0.616. The van der Waals surface area contributed by atoms with Crippen molar-refractivity contribution in [2.45, 2.75) is 20.3 Å². The zero-order valence-corrected chi connectivity index (χ0v) is 23.5. The van der Waals surface area contributed by atoms with Crippen molar-refractivity contribution in [2.75, 3.05) is 18.0 Å². The van der Waals surface area contributed by atoms with Crippen LogP contribution in [0.25, 0.3) is 10.8 Å². The van der Waals surface area contributed by atoms with Gasteiger partial charge in [-0.1, -0.05) is 59.7 Å². The van der Waals surface area contributed by atoms with Crippen molar-refractivity contribution in [3.63, 3.8) is 0 Å². The molecule has 1 aliphatic rings. The summed E-state index contributed by atoms with van der Waals surface area (Å²) in [5, 5.41) is 1.58. The Morgan fingerprint density at radius 1 is 0.714 bits per heavy atom. The Bertz CT molecular complexity index is 1740. The van der Waals surface area contributed by atoms with E-state index in [0.717, 1.165) is 22.3 Å². The van der Waals surface area contributed by atoms with E-state index < -0.39 is 0 Å². The van der Waals surface area contributed by atoms with Gasteiger partial charge >= 0.3 is 0 Å². The third-order valence-corrected chi connectivity index (χ3v) is 7.46. The van der Waals surface area contributed by atoms with Crippen LogP contribution < -0.4 is 9.64 Å². The summed E-state index contributed by atoms with van der Waals surface area (Å²) in [7, 11) is 0. The van der Waals surface area contributed by atoms with Gasteiger partial charge in [0.15, 0.2) is 0 Å². The molecule has 0 saturated carbocycles. The number of hydrogen-bond donors (Lipinski definition) is 0. The number of carbonyl (C=O) groups is 3. The lowest BCUT2D eigenvalue weighted by atomic mass is 9.94. The Balaban J connectivity index is 1.24. The number of anilines is 1. The van der Waals surface area contributed by atoms with Crippen LogP contribution in [0.1, 0.15) is 48.6 Å². The maximum atomic E-state index is 13.9. The van der Waals surface area contributed by atoms with Crippen LogP contribution in [-0.4, -0.2) is 35.7 Å². The van der Waals surface area contributed by atoms with E-state index >= 15 is 0 Å². The van der Waals surface area contributed by atoms with Gasteiger partial charge in [-0.05, 0) is 86.3 Å². The average Bonchev–Trinajstić information content (AvgIpc) is 3.00. The normalized spacial score (nSPS) is 12.5. The molecule has 0 bridgehead atoms. The summed E-state index contributed by atoms with van der Waals surface area (Å²) < 4.78 is 5.94. The second kappa shape index (κ2) is 11.3. The van der Waals surface area contributed by atoms with Gasteiger partial charge in [0.05, 0.1) is 0 Å². The van der Waals surface area contributed by atoms with Crippen LogP contribution in [0.5, 0.6) is 11.5 Å². The summed E-state index contributed by atoms with van der Waals surface area (Å²) in [4.78, 5) is 43.7. The van der Waals surface area contributed by atoms with Gasteiger partial charge in [0.1, 0.15) is 11.5 Å². The molecule has 0 spiro atoms. The molecule has 5 aromatic rings. The summed E-state index contributed by atoms with van der Waals surface area (Å²) in [6, 6.07) is 33.7. The van der Waals surface area contributed by atoms with E-state index in [4.69, 9.17) is 4.74 Å². The largest absolute Gasteiger partial charge is 0.457 e. The first-order valence-electron chi connectivity index (χ1n) is 14.0. The minimum absolute atomic E-state index is 0.148. The first-order valence-corrected chi connectivity index (χ1v) is 14.0. The smallest absolute Gasteiger partial charge is 0.261 e. The van der Waals surface area contributed by atoms with Gasteiger partial charge in [0.25, 0.3) is 17.7 Å². The molecule has 208 valence electrons. The Hall–Kier alpha value is -5.23. The van der Waals surface area contributed by atoms with Crippen molar-refractivity contribution in [1.82, 2.24) is 4.90 Å². The van der Waals surface area contributed by atoms with E-state index in [2.05, 4.69) is 0 Å². The molecular formula is C36H30N2O4. The fraction of sp³-hybridized carbons (Fsp3) is 0.139. The molecule has 1 aliphatic heterocycles. The Kier molecular flexibility index (Phi) is 7.28. The van der Waals surface area contributed by atoms with Crippen LogP contribution in [0.15, 0.2) is 109 Å². The van der Waals surface area contributed by atoms with Crippen LogP contribution in [0.2, 0.25) is 0 Å². The van der Waals surface area contributed by atoms with Crippen molar-refractivity contribution in [1.29, 1.82) is 0 Å². The van der Waals surface area contributed by atoms with Crippen molar-refractivity contribution >= 4 is 34.2 Å². The zero-order chi connectivity index (χ0) is 29.2. The molecule has 6 nitrogen and oxygen atoms in total. The molecular weight excluding hydrogens is 524 g/mol. The minimum Gasteiger partial charge on any atom is -0.457 e. The topological polar surface area (TPSA) is 66.9 Å². The number of hydrogen-bond acceptors (Lipinski definition) is 4. The summed E-state index contributed by atoms with van der Waals surface area (Å²) in [6.07, 6.45) is 0.411. The van der Waals surface area contributed by atoms with Crippen molar-refractivity contribution in [3.05, 3.63) is 137 Å². The molecule has 42 heavy (non-hydrogen) atoms. The monoisotopic (exact) mass is 554 g/mol. The highest BCUT2D eigenvalue weighted by atomic mass is 16.5. The number of amides is 3. The molecule has 0 aromatic heterocycles. The molecule has 0 radical (unpaired) electrons. The molecule has 0 unspecified atom stereocenters. The summed E-state index contributed by atoms with van der Waals surface area (Å²) >= 11 is 0. The summed E-state index contributed by atoms with van der Waals surface area (Å²) in [5.41, 5.74) is 4.35. The van der Waals surface area contributed by atoms with Crippen molar-refractivity contribution in [3.8, 4) is 11.5 Å². The number of benzene rings is 5. The van der Waals surface area contributed by atoms with Gasteiger partial charge in [-0.2, -0.15) is 0 Å². The molecule has 1 heterocycles. The summed E-state index contributed by atoms with van der Waals surface area (Å²) in [6.45, 7) is 4.44. The Labute approximate surface area is 244 Å². The van der Waals surface area contributed by atoms with Gasteiger partial charge in [-0.25, -0.2) is 0 Å². The van der Waals surface area contributed by atoms with E-state index in [0.29, 0.717) is 46.5 Å². The SMILES string of the molecule is Cc1cc(C)cc(C(=O)N(CCCN2C(=O)c3cccc4cccc(c34)C2=O)c2ccc(Oc3ccccc3)cc2)c1. The molecule has 0 fully saturated rings. The van der Waals surface area contributed by atoms with Gasteiger partial charge in [-0.15, -0.1) is 0 Å². The molecule has 0 N–H and O–H groups in total. The van der Waals surface area contributed by atoms with Gasteiger partial charge < -0.3 is 9.64 Å². The van der Waals surface area contributed by atoms with Crippen LogP contribution in [0.3, 0.4) is 0 Å². The van der Waals surface area contributed by atoms with Crippen molar-refractivity contribution in [2.24, 2.45) is 0 Å². The minimum atomic E-state index is -0.307. The maximum absolute atomic E-state index is 13.9. The fourth-order valence-corrected chi connectivity index (χ4v) is 5.59. The molecule has 6 rings (SSSR count). The van der Waals surface area contributed by atoms with Gasteiger partial charge in [-0.3, -0.25) is 19.3 Å².